The number of aryl methyl sites for hydroxylation is 1. The van der Waals surface area contributed by atoms with Crippen molar-refractivity contribution in [3.05, 3.63) is 39.4 Å². The molecule has 7 heteroatoms. The first-order valence-electron chi connectivity index (χ1n) is 6.70. The van der Waals surface area contributed by atoms with E-state index in [1.165, 1.54) is 23.1 Å². The molecule has 0 aliphatic carbocycles. The number of nitro groups is 1. The number of carboxylic acid groups (broad SMARTS) is 1. The third-order valence-corrected chi connectivity index (χ3v) is 3.70. The van der Waals surface area contributed by atoms with Crippen molar-refractivity contribution < 1.29 is 19.6 Å². The lowest BCUT2D eigenvalue weighted by Gasteiger charge is -2.33. The third kappa shape index (κ3) is 3.01. The summed E-state index contributed by atoms with van der Waals surface area (Å²) in [5.41, 5.74) is 0.482. The Hall–Kier alpha value is -2.44. The molecule has 112 valence electrons. The molecule has 0 bridgehead atoms. The molecule has 2 rings (SSSR count). The normalized spacial score (nSPS) is 18.3. The van der Waals surface area contributed by atoms with Crippen LogP contribution in [-0.4, -0.2) is 39.4 Å². The maximum absolute atomic E-state index is 12.4. The van der Waals surface area contributed by atoms with Crippen LogP contribution in [0.2, 0.25) is 0 Å². The molecule has 1 fully saturated rings. The van der Waals surface area contributed by atoms with E-state index < -0.39 is 22.8 Å². The van der Waals surface area contributed by atoms with E-state index in [-0.39, 0.29) is 11.3 Å². The molecule has 1 aromatic rings. The molecule has 0 radical (unpaired) electrons. The molecule has 1 aliphatic rings. The summed E-state index contributed by atoms with van der Waals surface area (Å²) in [5, 5.41) is 20.1. The fourth-order valence-electron chi connectivity index (χ4n) is 2.54. The molecule has 1 N–H and O–H groups in total. The minimum absolute atomic E-state index is 0.135. The molecule has 1 heterocycles. The number of carbonyl (C=O) groups excluding carboxylic acids is 1. The summed E-state index contributed by atoms with van der Waals surface area (Å²) in [6, 6.07) is 3.36. The second-order valence-corrected chi connectivity index (χ2v) is 5.11. The lowest BCUT2D eigenvalue weighted by atomic mass is 10.0. The van der Waals surface area contributed by atoms with Gasteiger partial charge in [-0.2, -0.15) is 0 Å². The van der Waals surface area contributed by atoms with Crippen molar-refractivity contribution >= 4 is 17.6 Å². The smallest absolute Gasteiger partial charge is 0.326 e. The first-order chi connectivity index (χ1) is 9.91. The van der Waals surface area contributed by atoms with E-state index in [0.29, 0.717) is 18.5 Å². The topological polar surface area (TPSA) is 101 Å². The Balaban J connectivity index is 2.32. The third-order valence-electron chi connectivity index (χ3n) is 3.70. The zero-order valence-electron chi connectivity index (χ0n) is 11.6. The van der Waals surface area contributed by atoms with Crippen molar-refractivity contribution in [1.82, 2.24) is 4.90 Å². The number of nitro benzene ring substituents is 1. The summed E-state index contributed by atoms with van der Waals surface area (Å²) in [6.07, 6.45) is 1.91. The molecular weight excluding hydrogens is 276 g/mol. The number of amides is 1. The van der Waals surface area contributed by atoms with Crippen LogP contribution in [0.25, 0.3) is 0 Å². The lowest BCUT2D eigenvalue weighted by molar-refractivity contribution is -0.385. The van der Waals surface area contributed by atoms with Gasteiger partial charge in [-0.15, -0.1) is 0 Å². The highest BCUT2D eigenvalue weighted by Crippen LogP contribution is 2.24. The zero-order chi connectivity index (χ0) is 15.6. The zero-order valence-corrected chi connectivity index (χ0v) is 11.6. The van der Waals surface area contributed by atoms with E-state index in [2.05, 4.69) is 0 Å². The van der Waals surface area contributed by atoms with Crippen LogP contribution < -0.4 is 0 Å². The molecule has 1 aliphatic heterocycles. The summed E-state index contributed by atoms with van der Waals surface area (Å²) in [4.78, 5) is 35.3. The van der Waals surface area contributed by atoms with Crippen LogP contribution in [-0.2, 0) is 4.79 Å². The quantitative estimate of drug-likeness (QED) is 0.678. The van der Waals surface area contributed by atoms with Gasteiger partial charge in [-0.05, 0) is 32.3 Å². The van der Waals surface area contributed by atoms with Crippen LogP contribution in [0.15, 0.2) is 18.2 Å². The monoisotopic (exact) mass is 292 g/mol. The van der Waals surface area contributed by atoms with Gasteiger partial charge in [-0.1, -0.05) is 6.07 Å². The van der Waals surface area contributed by atoms with E-state index in [4.69, 9.17) is 0 Å². The SMILES string of the molecule is Cc1ccc(C(=O)N2CCCC[C@H]2C(=O)O)cc1[N+](=O)[O-]. The standard InChI is InChI=1S/C14H16N2O5/c1-9-5-6-10(8-12(9)16(20)21)13(17)15-7-3-2-4-11(15)14(18)19/h5-6,8,11H,2-4,7H2,1H3,(H,18,19)/t11-/m0/s1. The minimum Gasteiger partial charge on any atom is -0.480 e. The maximum Gasteiger partial charge on any atom is 0.326 e. The number of carboxylic acids is 1. The number of rotatable bonds is 3. The Morgan fingerprint density at radius 3 is 2.71 bits per heavy atom. The van der Waals surface area contributed by atoms with Crippen LogP contribution in [0.1, 0.15) is 35.2 Å². The second kappa shape index (κ2) is 5.90. The molecule has 0 saturated carbocycles. The molecular formula is C14H16N2O5. The van der Waals surface area contributed by atoms with Crippen LogP contribution in [0, 0.1) is 17.0 Å². The predicted molar refractivity (Wildman–Crippen MR) is 74.1 cm³/mol. The van der Waals surface area contributed by atoms with E-state index >= 15 is 0 Å². The fourth-order valence-corrected chi connectivity index (χ4v) is 2.54. The highest BCUT2D eigenvalue weighted by atomic mass is 16.6. The Kier molecular flexibility index (Phi) is 4.21. The summed E-state index contributed by atoms with van der Waals surface area (Å²) < 4.78 is 0. The first-order valence-corrected chi connectivity index (χ1v) is 6.70. The molecule has 1 amide bonds. The highest BCUT2D eigenvalue weighted by molar-refractivity contribution is 5.97. The molecule has 0 spiro atoms. The largest absolute Gasteiger partial charge is 0.480 e. The van der Waals surface area contributed by atoms with Crippen molar-refractivity contribution in [2.75, 3.05) is 6.54 Å². The Morgan fingerprint density at radius 2 is 2.10 bits per heavy atom. The van der Waals surface area contributed by atoms with Gasteiger partial charge in [0.05, 0.1) is 4.92 Å². The Labute approximate surface area is 121 Å². The van der Waals surface area contributed by atoms with Crippen LogP contribution in [0.4, 0.5) is 5.69 Å². The molecule has 1 atom stereocenters. The number of piperidine rings is 1. The maximum atomic E-state index is 12.4. The number of hydrogen-bond donors (Lipinski definition) is 1. The molecule has 21 heavy (non-hydrogen) atoms. The van der Waals surface area contributed by atoms with Gasteiger partial charge in [0.25, 0.3) is 11.6 Å². The average molecular weight is 292 g/mol. The highest BCUT2D eigenvalue weighted by Gasteiger charge is 2.33. The van der Waals surface area contributed by atoms with Crippen molar-refractivity contribution in [3.8, 4) is 0 Å². The summed E-state index contributed by atoms with van der Waals surface area (Å²) in [7, 11) is 0. The molecule has 7 nitrogen and oxygen atoms in total. The number of aliphatic carboxylic acids is 1. The van der Waals surface area contributed by atoms with Gasteiger partial charge in [-0.25, -0.2) is 4.79 Å². The number of carbonyl (C=O) groups is 2. The van der Waals surface area contributed by atoms with Gasteiger partial charge in [0, 0.05) is 23.7 Å². The van der Waals surface area contributed by atoms with Gasteiger partial charge < -0.3 is 10.0 Å². The fraction of sp³-hybridized carbons (Fsp3) is 0.429. The summed E-state index contributed by atoms with van der Waals surface area (Å²) in [5.74, 6) is -1.50. The van der Waals surface area contributed by atoms with Crippen molar-refractivity contribution in [3.63, 3.8) is 0 Å². The second-order valence-electron chi connectivity index (χ2n) is 5.11. The van der Waals surface area contributed by atoms with E-state index in [0.717, 1.165) is 12.8 Å². The van der Waals surface area contributed by atoms with Gasteiger partial charge >= 0.3 is 5.97 Å². The minimum atomic E-state index is -1.04. The van der Waals surface area contributed by atoms with Gasteiger partial charge in [0.1, 0.15) is 6.04 Å². The van der Waals surface area contributed by atoms with E-state index in [9.17, 15) is 24.8 Å². The number of benzene rings is 1. The Bertz CT molecular complexity index is 599. The van der Waals surface area contributed by atoms with Crippen LogP contribution in [0.5, 0.6) is 0 Å². The number of hydrogen-bond acceptors (Lipinski definition) is 4. The number of nitrogens with zero attached hydrogens (tertiary/aromatic N) is 2. The van der Waals surface area contributed by atoms with Crippen molar-refractivity contribution in [2.24, 2.45) is 0 Å². The van der Waals surface area contributed by atoms with Crippen LogP contribution >= 0.6 is 0 Å². The summed E-state index contributed by atoms with van der Waals surface area (Å²) in [6.45, 7) is 1.95. The van der Waals surface area contributed by atoms with Crippen molar-refractivity contribution in [1.29, 1.82) is 0 Å². The first kappa shape index (κ1) is 15.0. The van der Waals surface area contributed by atoms with Gasteiger partial charge in [0.15, 0.2) is 0 Å². The molecule has 0 aromatic heterocycles. The predicted octanol–water partition coefficient (Wildman–Crippen LogP) is 1.98. The molecule has 0 unspecified atom stereocenters. The van der Waals surface area contributed by atoms with E-state index in [1.54, 1.807) is 6.92 Å². The van der Waals surface area contributed by atoms with Gasteiger partial charge in [-0.3, -0.25) is 14.9 Å². The average Bonchev–Trinajstić information content (AvgIpc) is 2.46. The van der Waals surface area contributed by atoms with Crippen molar-refractivity contribution in [2.45, 2.75) is 32.2 Å². The number of likely N-dealkylation sites (tertiary alicyclic amines) is 1. The lowest BCUT2D eigenvalue weighted by Crippen LogP contribution is -2.48. The Morgan fingerprint density at radius 1 is 1.38 bits per heavy atom. The molecule has 1 saturated heterocycles. The van der Waals surface area contributed by atoms with Gasteiger partial charge in [0.2, 0.25) is 0 Å². The summed E-state index contributed by atoms with van der Waals surface area (Å²) >= 11 is 0. The van der Waals surface area contributed by atoms with E-state index in [1.807, 2.05) is 0 Å². The molecule has 1 aromatic carbocycles. The van der Waals surface area contributed by atoms with Crippen LogP contribution in [0.3, 0.4) is 0 Å².